The maximum absolute atomic E-state index is 12.0. The van der Waals surface area contributed by atoms with Crippen molar-refractivity contribution in [2.24, 2.45) is 0 Å². The topological polar surface area (TPSA) is 92.5 Å². The number of nitro groups is 1. The summed E-state index contributed by atoms with van der Waals surface area (Å²) < 4.78 is 0. The van der Waals surface area contributed by atoms with E-state index in [1.807, 2.05) is 23.8 Å². The van der Waals surface area contributed by atoms with Crippen LogP contribution in [0.5, 0.6) is 5.75 Å². The molecule has 0 aliphatic heterocycles. The van der Waals surface area contributed by atoms with Crippen molar-refractivity contribution in [2.75, 3.05) is 0 Å². The zero-order chi connectivity index (χ0) is 14.7. The highest BCUT2D eigenvalue weighted by molar-refractivity contribution is 7.07. The first-order valence-corrected chi connectivity index (χ1v) is 6.73. The molecule has 104 valence electrons. The summed E-state index contributed by atoms with van der Waals surface area (Å²) in [6.07, 6.45) is 0. The fourth-order valence-electron chi connectivity index (χ4n) is 1.70. The molecule has 0 fully saturated rings. The number of nitrogens with zero attached hydrogens (tertiary/aromatic N) is 1. The van der Waals surface area contributed by atoms with Gasteiger partial charge in [0.05, 0.1) is 11.0 Å². The van der Waals surface area contributed by atoms with Crippen LogP contribution in [0.25, 0.3) is 0 Å². The van der Waals surface area contributed by atoms with Gasteiger partial charge in [0.25, 0.3) is 5.91 Å². The summed E-state index contributed by atoms with van der Waals surface area (Å²) in [5.74, 6) is -0.917. The third-order valence-electron chi connectivity index (χ3n) is 2.83. The Balaban J connectivity index is 2.14. The van der Waals surface area contributed by atoms with Gasteiger partial charge in [-0.05, 0) is 41.4 Å². The molecule has 0 bridgehead atoms. The Kier molecular flexibility index (Phi) is 3.99. The second-order valence-electron chi connectivity index (χ2n) is 4.21. The van der Waals surface area contributed by atoms with Crippen molar-refractivity contribution in [3.8, 4) is 5.75 Å². The number of amides is 1. The first kappa shape index (κ1) is 14.0. The summed E-state index contributed by atoms with van der Waals surface area (Å²) in [7, 11) is 0. The predicted molar refractivity (Wildman–Crippen MR) is 75.0 cm³/mol. The zero-order valence-electron chi connectivity index (χ0n) is 10.6. The lowest BCUT2D eigenvalue weighted by molar-refractivity contribution is -0.385. The number of phenolic OH excluding ortho intramolecular Hbond substituents is 1. The molecular weight excluding hydrogens is 280 g/mol. The number of nitrogens with one attached hydrogen (secondary N) is 1. The highest BCUT2D eigenvalue weighted by Crippen LogP contribution is 2.26. The Morgan fingerprint density at radius 1 is 1.45 bits per heavy atom. The zero-order valence-corrected chi connectivity index (χ0v) is 11.4. The Hall–Kier alpha value is -2.41. The number of aromatic hydroxyl groups is 1. The Labute approximate surface area is 118 Å². The van der Waals surface area contributed by atoms with Crippen LogP contribution in [0.2, 0.25) is 0 Å². The lowest BCUT2D eigenvalue weighted by Gasteiger charge is -2.12. The first-order chi connectivity index (χ1) is 9.49. The van der Waals surface area contributed by atoms with Crippen LogP contribution in [-0.4, -0.2) is 15.9 Å². The van der Waals surface area contributed by atoms with E-state index in [1.165, 1.54) is 17.4 Å². The maximum atomic E-state index is 12.0. The van der Waals surface area contributed by atoms with Gasteiger partial charge in [-0.15, -0.1) is 0 Å². The van der Waals surface area contributed by atoms with Crippen LogP contribution in [-0.2, 0) is 0 Å². The lowest BCUT2D eigenvalue weighted by atomic mass is 10.1. The minimum absolute atomic E-state index is 0.175. The molecule has 6 nitrogen and oxygen atoms in total. The fraction of sp³-hybridized carbons (Fsp3) is 0.154. The number of thiophene rings is 1. The normalized spacial score (nSPS) is 11.8. The molecule has 0 saturated heterocycles. The number of carbonyl (C=O) groups excluding carboxylic acids is 1. The number of hydrogen-bond acceptors (Lipinski definition) is 5. The van der Waals surface area contributed by atoms with E-state index in [1.54, 1.807) is 0 Å². The molecule has 1 aromatic heterocycles. The van der Waals surface area contributed by atoms with E-state index < -0.39 is 22.3 Å². The van der Waals surface area contributed by atoms with Crippen LogP contribution >= 0.6 is 11.3 Å². The van der Waals surface area contributed by atoms with Crippen LogP contribution < -0.4 is 5.32 Å². The van der Waals surface area contributed by atoms with Gasteiger partial charge in [-0.1, -0.05) is 0 Å². The number of rotatable bonds is 4. The van der Waals surface area contributed by atoms with Crippen LogP contribution in [0.1, 0.15) is 28.9 Å². The Morgan fingerprint density at radius 3 is 2.75 bits per heavy atom. The minimum Gasteiger partial charge on any atom is -0.502 e. The molecule has 1 heterocycles. The third-order valence-corrected chi connectivity index (χ3v) is 3.53. The molecule has 0 aliphatic carbocycles. The lowest BCUT2D eigenvalue weighted by Crippen LogP contribution is -2.26. The minimum atomic E-state index is -0.703. The maximum Gasteiger partial charge on any atom is 0.310 e. The van der Waals surface area contributed by atoms with E-state index in [0.29, 0.717) is 0 Å². The molecule has 1 aromatic carbocycles. The molecular formula is C13H12N2O4S. The molecule has 0 aliphatic rings. The van der Waals surface area contributed by atoms with Crippen LogP contribution in [0.15, 0.2) is 35.0 Å². The van der Waals surface area contributed by atoms with Crippen molar-refractivity contribution in [2.45, 2.75) is 13.0 Å². The Bertz CT molecular complexity index is 640. The van der Waals surface area contributed by atoms with Crippen molar-refractivity contribution in [1.82, 2.24) is 5.32 Å². The quantitative estimate of drug-likeness (QED) is 0.669. The van der Waals surface area contributed by atoms with Gasteiger partial charge in [0.2, 0.25) is 0 Å². The van der Waals surface area contributed by atoms with Gasteiger partial charge in [0, 0.05) is 11.6 Å². The van der Waals surface area contributed by atoms with Crippen LogP contribution in [0.3, 0.4) is 0 Å². The average molecular weight is 292 g/mol. The fourth-order valence-corrected chi connectivity index (χ4v) is 2.46. The van der Waals surface area contributed by atoms with Crippen molar-refractivity contribution in [1.29, 1.82) is 0 Å². The van der Waals surface area contributed by atoms with Crippen molar-refractivity contribution in [3.05, 3.63) is 56.3 Å². The molecule has 1 unspecified atom stereocenters. The van der Waals surface area contributed by atoms with E-state index in [0.717, 1.165) is 17.7 Å². The Morgan fingerprint density at radius 2 is 2.20 bits per heavy atom. The molecule has 0 radical (unpaired) electrons. The summed E-state index contributed by atoms with van der Waals surface area (Å²) >= 11 is 1.53. The smallest absolute Gasteiger partial charge is 0.310 e. The van der Waals surface area contributed by atoms with E-state index in [4.69, 9.17) is 0 Å². The van der Waals surface area contributed by atoms with Gasteiger partial charge >= 0.3 is 5.69 Å². The molecule has 2 rings (SSSR count). The summed E-state index contributed by atoms with van der Waals surface area (Å²) in [5.41, 5.74) is 0.733. The third kappa shape index (κ3) is 2.94. The molecule has 2 aromatic rings. The molecule has 1 amide bonds. The second kappa shape index (κ2) is 5.70. The number of benzene rings is 1. The first-order valence-electron chi connectivity index (χ1n) is 5.79. The van der Waals surface area contributed by atoms with E-state index in [-0.39, 0.29) is 11.6 Å². The highest BCUT2D eigenvalue weighted by atomic mass is 32.1. The molecule has 1 atom stereocenters. The number of nitro benzene ring substituents is 1. The number of phenols is 1. The van der Waals surface area contributed by atoms with Crippen LogP contribution in [0, 0.1) is 10.1 Å². The number of hydrogen-bond donors (Lipinski definition) is 2. The molecule has 20 heavy (non-hydrogen) atoms. The second-order valence-corrected chi connectivity index (χ2v) is 4.99. The monoisotopic (exact) mass is 292 g/mol. The average Bonchev–Trinajstić information content (AvgIpc) is 2.91. The summed E-state index contributed by atoms with van der Waals surface area (Å²) in [6, 6.07) is 5.25. The van der Waals surface area contributed by atoms with E-state index >= 15 is 0 Å². The van der Waals surface area contributed by atoms with Crippen molar-refractivity contribution in [3.63, 3.8) is 0 Å². The molecule has 0 spiro atoms. The van der Waals surface area contributed by atoms with Gasteiger partial charge in [0.15, 0.2) is 5.75 Å². The standard InChI is InChI=1S/C13H12N2O4S/c1-8(10-4-5-20-7-10)14-13(17)9-2-3-11(15(18)19)12(16)6-9/h2-8,16H,1H3,(H,14,17). The summed E-state index contributed by atoms with van der Waals surface area (Å²) in [4.78, 5) is 21.9. The van der Waals surface area contributed by atoms with Gasteiger partial charge in [-0.25, -0.2) is 0 Å². The number of carbonyl (C=O) groups is 1. The van der Waals surface area contributed by atoms with Gasteiger partial charge in [0.1, 0.15) is 0 Å². The largest absolute Gasteiger partial charge is 0.502 e. The molecule has 0 saturated carbocycles. The van der Waals surface area contributed by atoms with E-state index in [2.05, 4.69) is 5.32 Å². The van der Waals surface area contributed by atoms with Gasteiger partial charge < -0.3 is 10.4 Å². The van der Waals surface area contributed by atoms with Gasteiger partial charge in [-0.2, -0.15) is 11.3 Å². The summed E-state index contributed by atoms with van der Waals surface area (Å²) in [5, 5.41) is 26.7. The summed E-state index contributed by atoms with van der Waals surface area (Å²) in [6.45, 7) is 1.84. The predicted octanol–water partition coefficient (Wildman–Crippen LogP) is 2.85. The van der Waals surface area contributed by atoms with Crippen molar-refractivity contribution < 1.29 is 14.8 Å². The van der Waals surface area contributed by atoms with Crippen molar-refractivity contribution >= 4 is 22.9 Å². The molecule has 2 N–H and O–H groups in total. The van der Waals surface area contributed by atoms with Gasteiger partial charge in [-0.3, -0.25) is 14.9 Å². The highest BCUT2D eigenvalue weighted by Gasteiger charge is 2.17. The molecule has 7 heteroatoms. The SMILES string of the molecule is CC(NC(=O)c1ccc([N+](=O)[O-])c(O)c1)c1ccsc1. The van der Waals surface area contributed by atoms with Crippen LogP contribution in [0.4, 0.5) is 5.69 Å². The van der Waals surface area contributed by atoms with E-state index in [9.17, 15) is 20.0 Å².